The van der Waals surface area contributed by atoms with Crippen LogP contribution in [0.3, 0.4) is 0 Å². The van der Waals surface area contributed by atoms with Gasteiger partial charge in [-0.05, 0) is 24.5 Å². The second-order valence-electron chi connectivity index (χ2n) is 3.75. The van der Waals surface area contributed by atoms with Crippen LogP contribution in [0.2, 0.25) is 0 Å². The Morgan fingerprint density at radius 2 is 2.00 bits per heavy atom. The van der Waals surface area contributed by atoms with Gasteiger partial charge in [-0.25, -0.2) is 0 Å². The van der Waals surface area contributed by atoms with Crippen LogP contribution in [0.1, 0.15) is 22.8 Å². The van der Waals surface area contributed by atoms with E-state index in [1.54, 1.807) is 33.2 Å². The molecule has 0 aliphatic rings. The molecule has 0 atom stereocenters. The molecule has 1 aromatic rings. The van der Waals surface area contributed by atoms with Gasteiger partial charge < -0.3 is 14.9 Å². The van der Waals surface area contributed by atoms with Gasteiger partial charge in [0.15, 0.2) is 0 Å². The van der Waals surface area contributed by atoms with Crippen LogP contribution < -0.4 is 5.46 Å². The molecule has 0 bridgehead atoms. The minimum Gasteiger partial charge on any atom is -0.423 e. The van der Waals surface area contributed by atoms with Gasteiger partial charge in [-0.2, -0.15) is 0 Å². The molecule has 0 aliphatic carbocycles. The number of rotatable bonds is 2. The lowest BCUT2D eigenvalue weighted by molar-refractivity contribution is 0.0827. The van der Waals surface area contributed by atoms with E-state index in [2.05, 4.69) is 11.8 Å². The van der Waals surface area contributed by atoms with Crippen molar-refractivity contribution in [1.29, 1.82) is 0 Å². The number of hydrogen-bond acceptors (Lipinski definition) is 3. The summed E-state index contributed by atoms with van der Waals surface area (Å²) in [5.74, 6) is 5.28. The molecular formula is C12H14BNO3. The second kappa shape index (κ2) is 5.53. The highest BCUT2D eigenvalue weighted by molar-refractivity contribution is 6.59. The predicted octanol–water partition coefficient (Wildman–Crippen LogP) is -0.560. The summed E-state index contributed by atoms with van der Waals surface area (Å²) in [6.45, 7) is 1.65. The van der Waals surface area contributed by atoms with Crippen molar-refractivity contribution in [2.45, 2.75) is 6.92 Å². The molecule has 0 spiro atoms. The van der Waals surface area contributed by atoms with E-state index in [1.807, 2.05) is 0 Å². The van der Waals surface area contributed by atoms with E-state index >= 15 is 0 Å². The fraction of sp³-hybridized carbons (Fsp3) is 0.250. The van der Waals surface area contributed by atoms with Crippen LogP contribution in [0.4, 0.5) is 0 Å². The first-order valence-electron chi connectivity index (χ1n) is 5.12. The normalized spacial score (nSPS) is 9.24. The Morgan fingerprint density at radius 1 is 1.35 bits per heavy atom. The average Bonchev–Trinajstić information content (AvgIpc) is 2.27. The molecule has 17 heavy (non-hydrogen) atoms. The minimum absolute atomic E-state index is 0.150. The summed E-state index contributed by atoms with van der Waals surface area (Å²) in [5.41, 5.74) is 1.22. The van der Waals surface area contributed by atoms with Crippen molar-refractivity contribution in [3.05, 3.63) is 29.3 Å². The molecule has 88 valence electrons. The van der Waals surface area contributed by atoms with E-state index in [0.29, 0.717) is 16.6 Å². The van der Waals surface area contributed by atoms with E-state index in [9.17, 15) is 4.79 Å². The van der Waals surface area contributed by atoms with Gasteiger partial charge in [-0.1, -0.05) is 12.0 Å². The van der Waals surface area contributed by atoms with Crippen LogP contribution >= 0.6 is 0 Å². The summed E-state index contributed by atoms with van der Waals surface area (Å²) in [4.78, 5) is 13.2. The topological polar surface area (TPSA) is 60.8 Å². The minimum atomic E-state index is -1.59. The lowest BCUT2D eigenvalue weighted by atomic mass is 9.76. The number of carbonyl (C=O) groups excluding carboxylic acids is 1. The quantitative estimate of drug-likeness (QED) is 0.529. The molecule has 1 rings (SSSR count). The Bertz CT molecular complexity index is 486. The average molecular weight is 231 g/mol. The Kier molecular flexibility index (Phi) is 4.33. The zero-order valence-corrected chi connectivity index (χ0v) is 10.1. The second-order valence-corrected chi connectivity index (χ2v) is 3.75. The molecule has 0 heterocycles. The zero-order valence-electron chi connectivity index (χ0n) is 10.1. The molecule has 0 fully saturated rings. The van der Waals surface area contributed by atoms with Gasteiger partial charge in [0.05, 0.1) is 0 Å². The molecule has 0 saturated heterocycles. The SMILES string of the molecule is CC#Cc1cc(C(=O)N(C)C)ccc1B(O)O. The van der Waals surface area contributed by atoms with Crippen LogP contribution in [-0.4, -0.2) is 42.1 Å². The van der Waals surface area contributed by atoms with E-state index in [4.69, 9.17) is 10.0 Å². The maximum atomic E-state index is 11.7. The Balaban J connectivity index is 3.26. The van der Waals surface area contributed by atoms with Gasteiger partial charge in [-0.15, -0.1) is 5.92 Å². The molecule has 0 aromatic heterocycles. The third-order valence-electron chi connectivity index (χ3n) is 2.24. The van der Waals surface area contributed by atoms with Crippen molar-refractivity contribution in [1.82, 2.24) is 4.90 Å². The Labute approximate surface area is 101 Å². The fourth-order valence-electron chi connectivity index (χ4n) is 1.42. The van der Waals surface area contributed by atoms with Gasteiger partial charge in [0.2, 0.25) is 0 Å². The van der Waals surface area contributed by atoms with Gasteiger partial charge in [0.25, 0.3) is 5.91 Å². The fourth-order valence-corrected chi connectivity index (χ4v) is 1.42. The van der Waals surface area contributed by atoms with Crippen molar-refractivity contribution in [3.8, 4) is 11.8 Å². The molecule has 2 N–H and O–H groups in total. The largest absolute Gasteiger partial charge is 0.489 e. The first-order valence-corrected chi connectivity index (χ1v) is 5.12. The van der Waals surface area contributed by atoms with E-state index < -0.39 is 7.12 Å². The highest BCUT2D eigenvalue weighted by Crippen LogP contribution is 2.05. The number of benzene rings is 1. The van der Waals surface area contributed by atoms with Gasteiger partial charge in [0, 0.05) is 25.2 Å². The molecule has 0 aliphatic heterocycles. The maximum absolute atomic E-state index is 11.7. The molecule has 1 amide bonds. The first kappa shape index (κ1) is 13.3. The van der Waals surface area contributed by atoms with E-state index in [1.165, 1.54) is 11.0 Å². The van der Waals surface area contributed by atoms with Crippen LogP contribution in [0.25, 0.3) is 0 Å². The molecule has 0 saturated carbocycles. The monoisotopic (exact) mass is 231 g/mol. The van der Waals surface area contributed by atoms with E-state index in [-0.39, 0.29) is 5.91 Å². The Hall–Kier alpha value is -1.77. The van der Waals surface area contributed by atoms with Crippen LogP contribution in [0, 0.1) is 11.8 Å². The lowest BCUT2D eigenvalue weighted by Gasteiger charge is -2.11. The highest BCUT2D eigenvalue weighted by atomic mass is 16.4. The molecule has 0 unspecified atom stereocenters. The van der Waals surface area contributed by atoms with Crippen molar-refractivity contribution < 1.29 is 14.8 Å². The standard InChI is InChI=1S/C12H14BNO3/c1-4-5-9-8-10(12(15)14(2)3)6-7-11(9)13(16)17/h6-8,16-17H,1-3H3. The van der Waals surface area contributed by atoms with Crippen LogP contribution in [-0.2, 0) is 0 Å². The maximum Gasteiger partial charge on any atom is 0.489 e. The van der Waals surface area contributed by atoms with Gasteiger partial charge in [-0.3, -0.25) is 4.79 Å². The summed E-state index contributed by atoms with van der Waals surface area (Å²) >= 11 is 0. The zero-order chi connectivity index (χ0) is 13.0. The highest BCUT2D eigenvalue weighted by Gasteiger charge is 2.17. The number of nitrogens with zero attached hydrogens (tertiary/aromatic N) is 1. The van der Waals surface area contributed by atoms with E-state index in [0.717, 1.165) is 0 Å². The van der Waals surface area contributed by atoms with Crippen molar-refractivity contribution in [3.63, 3.8) is 0 Å². The third-order valence-corrected chi connectivity index (χ3v) is 2.24. The summed E-state index contributed by atoms with van der Waals surface area (Å²) in [6, 6.07) is 4.62. The lowest BCUT2D eigenvalue weighted by Crippen LogP contribution is -2.33. The predicted molar refractivity (Wildman–Crippen MR) is 66.8 cm³/mol. The summed E-state index contributed by atoms with van der Waals surface area (Å²) in [6.07, 6.45) is 0. The van der Waals surface area contributed by atoms with Gasteiger partial charge in [0.1, 0.15) is 0 Å². The molecule has 1 aromatic carbocycles. The number of hydrogen-bond donors (Lipinski definition) is 2. The smallest absolute Gasteiger partial charge is 0.423 e. The van der Waals surface area contributed by atoms with Crippen molar-refractivity contribution >= 4 is 18.5 Å². The van der Waals surface area contributed by atoms with Crippen molar-refractivity contribution in [2.24, 2.45) is 0 Å². The van der Waals surface area contributed by atoms with Crippen LogP contribution in [0.15, 0.2) is 18.2 Å². The summed E-state index contributed by atoms with van der Waals surface area (Å²) in [7, 11) is 1.72. The number of amides is 1. The van der Waals surface area contributed by atoms with Gasteiger partial charge >= 0.3 is 7.12 Å². The summed E-state index contributed by atoms with van der Waals surface area (Å²) < 4.78 is 0. The molecule has 5 heteroatoms. The van der Waals surface area contributed by atoms with Crippen molar-refractivity contribution in [2.75, 3.05) is 14.1 Å². The first-order chi connectivity index (χ1) is 7.97. The number of carbonyl (C=O) groups is 1. The Morgan fingerprint density at radius 3 is 2.47 bits per heavy atom. The summed E-state index contributed by atoms with van der Waals surface area (Å²) in [5, 5.41) is 18.3. The molecule has 4 nitrogen and oxygen atoms in total. The third kappa shape index (κ3) is 3.10. The van der Waals surface area contributed by atoms with Crippen LogP contribution in [0.5, 0.6) is 0 Å². The molecule has 0 radical (unpaired) electrons. The molecular weight excluding hydrogens is 217 g/mol.